The van der Waals surface area contributed by atoms with Crippen molar-refractivity contribution in [2.75, 3.05) is 13.2 Å². The molecule has 3 aromatic rings. The van der Waals surface area contributed by atoms with Crippen molar-refractivity contribution in [2.24, 2.45) is 4.99 Å². The Labute approximate surface area is 179 Å². The number of nitrogens with zero attached hydrogens (tertiary/aromatic N) is 1. The lowest BCUT2D eigenvalue weighted by atomic mass is 10.2. The summed E-state index contributed by atoms with van der Waals surface area (Å²) in [6.07, 6.45) is 1.68. The van der Waals surface area contributed by atoms with Gasteiger partial charge in [-0.15, -0.1) is 0 Å². The molecule has 4 rings (SSSR count). The van der Waals surface area contributed by atoms with Crippen LogP contribution >= 0.6 is 11.6 Å². The second kappa shape index (κ2) is 9.29. The quantitative estimate of drug-likeness (QED) is 0.302. The SMILES string of the molecule is O=C1OC(c2ccccc2)=NC1=Cc1ccc(OCCOc2ccccc2Cl)cc1. The molecule has 1 heterocycles. The van der Waals surface area contributed by atoms with Gasteiger partial charge in [-0.1, -0.05) is 54.1 Å². The molecule has 3 aromatic carbocycles. The lowest BCUT2D eigenvalue weighted by molar-refractivity contribution is -0.129. The van der Waals surface area contributed by atoms with E-state index in [1.54, 1.807) is 12.1 Å². The van der Waals surface area contributed by atoms with Crippen molar-refractivity contribution in [2.45, 2.75) is 0 Å². The topological polar surface area (TPSA) is 57.1 Å². The predicted octanol–water partition coefficient (Wildman–Crippen LogP) is 5.14. The third kappa shape index (κ3) is 4.88. The minimum Gasteiger partial charge on any atom is -0.490 e. The van der Waals surface area contributed by atoms with Crippen LogP contribution < -0.4 is 9.47 Å². The van der Waals surface area contributed by atoms with Crippen LogP contribution in [0.2, 0.25) is 5.02 Å². The molecule has 1 aliphatic rings. The maximum atomic E-state index is 12.1. The number of halogens is 1. The normalized spacial score (nSPS) is 14.4. The van der Waals surface area contributed by atoms with E-state index in [-0.39, 0.29) is 5.70 Å². The number of esters is 1. The van der Waals surface area contributed by atoms with E-state index in [0.717, 1.165) is 11.1 Å². The molecule has 0 N–H and O–H groups in total. The Kier molecular flexibility index (Phi) is 6.11. The van der Waals surface area contributed by atoms with Crippen molar-refractivity contribution in [3.05, 3.63) is 101 Å². The molecule has 5 nitrogen and oxygen atoms in total. The minimum atomic E-state index is -0.467. The minimum absolute atomic E-state index is 0.260. The van der Waals surface area contributed by atoms with E-state index >= 15 is 0 Å². The highest BCUT2D eigenvalue weighted by molar-refractivity contribution is 6.32. The molecule has 0 atom stereocenters. The number of aliphatic imine (C=N–C) groups is 1. The molecule has 0 radical (unpaired) electrons. The standard InChI is InChI=1S/C24H18ClNO4/c25-20-8-4-5-9-22(20)29-15-14-28-19-12-10-17(11-13-19)16-21-24(27)30-23(26-21)18-6-2-1-3-7-18/h1-13,16H,14-15H2. The Hall–Kier alpha value is -3.57. The summed E-state index contributed by atoms with van der Waals surface area (Å²) in [7, 11) is 0. The van der Waals surface area contributed by atoms with Crippen LogP contribution in [0.15, 0.2) is 89.6 Å². The number of carbonyl (C=O) groups excluding carboxylic acids is 1. The van der Waals surface area contributed by atoms with Crippen LogP contribution in [0.4, 0.5) is 0 Å². The summed E-state index contributed by atoms with van der Waals surface area (Å²) in [4.78, 5) is 16.4. The molecule has 150 valence electrons. The lowest BCUT2D eigenvalue weighted by Crippen LogP contribution is -2.09. The molecule has 30 heavy (non-hydrogen) atoms. The van der Waals surface area contributed by atoms with E-state index < -0.39 is 5.97 Å². The number of hydrogen-bond donors (Lipinski definition) is 0. The summed E-state index contributed by atoms with van der Waals surface area (Å²) in [6.45, 7) is 0.751. The van der Waals surface area contributed by atoms with E-state index in [1.165, 1.54) is 0 Å². The Morgan fingerprint density at radius 2 is 1.57 bits per heavy atom. The van der Waals surface area contributed by atoms with E-state index in [4.69, 9.17) is 25.8 Å². The molecule has 0 aliphatic carbocycles. The summed E-state index contributed by atoms with van der Waals surface area (Å²) in [5.74, 6) is 1.17. The van der Waals surface area contributed by atoms with Gasteiger partial charge in [-0.25, -0.2) is 9.79 Å². The molecule has 0 spiro atoms. The van der Waals surface area contributed by atoms with Crippen molar-refractivity contribution in [3.63, 3.8) is 0 Å². The third-order valence-electron chi connectivity index (χ3n) is 4.27. The summed E-state index contributed by atoms with van der Waals surface area (Å²) < 4.78 is 16.5. The largest absolute Gasteiger partial charge is 0.490 e. The van der Waals surface area contributed by atoms with Gasteiger partial charge in [0.05, 0.1) is 5.02 Å². The van der Waals surface area contributed by atoms with Gasteiger partial charge < -0.3 is 14.2 Å². The van der Waals surface area contributed by atoms with E-state index in [0.29, 0.717) is 35.6 Å². The molecule has 0 amide bonds. The molecule has 0 bridgehead atoms. The van der Waals surface area contributed by atoms with Crippen molar-refractivity contribution in [3.8, 4) is 11.5 Å². The molecule has 0 aromatic heterocycles. The van der Waals surface area contributed by atoms with Crippen LogP contribution in [-0.2, 0) is 9.53 Å². The first-order valence-corrected chi connectivity index (χ1v) is 9.75. The zero-order chi connectivity index (χ0) is 20.8. The molecule has 1 aliphatic heterocycles. The van der Waals surface area contributed by atoms with Crippen LogP contribution in [0, 0.1) is 0 Å². The Balaban J connectivity index is 1.34. The first-order valence-electron chi connectivity index (χ1n) is 9.37. The Morgan fingerprint density at radius 3 is 2.33 bits per heavy atom. The Bertz CT molecular complexity index is 1090. The van der Waals surface area contributed by atoms with E-state index in [9.17, 15) is 4.79 Å². The summed E-state index contributed by atoms with van der Waals surface area (Å²) in [5, 5.41) is 0.568. The number of ether oxygens (including phenoxy) is 3. The molecule has 0 saturated heterocycles. The zero-order valence-corrected chi connectivity index (χ0v) is 16.7. The van der Waals surface area contributed by atoms with Crippen molar-refractivity contribution in [1.82, 2.24) is 0 Å². The van der Waals surface area contributed by atoms with Crippen molar-refractivity contribution < 1.29 is 19.0 Å². The highest BCUT2D eigenvalue weighted by atomic mass is 35.5. The number of rotatable bonds is 7. The first-order chi connectivity index (χ1) is 14.7. The van der Waals surface area contributed by atoms with Crippen LogP contribution in [0.1, 0.15) is 11.1 Å². The van der Waals surface area contributed by atoms with Crippen LogP contribution in [0.3, 0.4) is 0 Å². The fraction of sp³-hybridized carbons (Fsp3) is 0.0833. The van der Waals surface area contributed by atoms with E-state index in [2.05, 4.69) is 4.99 Å². The smallest absolute Gasteiger partial charge is 0.363 e. The first kappa shape index (κ1) is 19.7. The van der Waals surface area contributed by atoms with Gasteiger partial charge >= 0.3 is 5.97 Å². The summed E-state index contributed by atoms with van der Waals surface area (Å²) in [6, 6.07) is 24.0. The molecule has 0 saturated carbocycles. The average molecular weight is 420 g/mol. The van der Waals surface area contributed by atoms with Gasteiger partial charge in [0.25, 0.3) is 0 Å². The van der Waals surface area contributed by atoms with Gasteiger partial charge in [0, 0.05) is 5.56 Å². The number of cyclic esters (lactones) is 1. The highest BCUT2D eigenvalue weighted by Crippen LogP contribution is 2.23. The summed E-state index contributed by atoms with van der Waals surface area (Å²) >= 11 is 6.05. The average Bonchev–Trinajstić information content (AvgIpc) is 3.14. The van der Waals surface area contributed by atoms with Crippen LogP contribution in [0.5, 0.6) is 11.5 Å². The van der Waals surface area contributed by atoms with Gasteiger partial charge in [0.2, 0.25) is 5.90 Å². The fourth-order valence-corrected chi connectivity index (χ4v) is 2.99. The maximum absolute atomic E-state index is 12.1. The second-order valence-electron chi connectivity index (χ2n) is 6.40. The zero-order valence-electron chi connectivity index (χ0n) is 16.0. The van der Waals surface area contributed by atoms with Crippen LogP contribution in [0.25, 0.3) is 6.08 Å². The van der Waals surface area contributed by atoms with Gasteiger partial charge in [-0.3, -0.25) is 0 Å². The fourth-order valence-electron chi connectivity index (χ4n) is 2.80. The maximum Gasteiger partial charge on any atom is 0.363 e. The van der Waals surface area contributed by atoms with Gasteiger partial charge in [0.15, 0.2) is 5.70 Å². The van der Waals surface area contributed by atoms with Gasteiger partial charge in [-0.05, 0) is 48.0 Å². The molecular weight excluding hydrogens is 402 g/mol. The lowest BCUT2D eigenvalue weighted by Gasteiger charge is -2.09. The monoisotopic (exact) mass is 419 g/mol. The van der Waals surface area contributed by atoms with Crippen LogP contribution in [-0.4, -0.2) is 25.1 Å². The summed E-state index contributed by atoms with van der Waals surface area (Å²) in [5.41, 5.74) is 1.84. The van der Waals surface area contributed by atoms with Gasteiger partial charge in [-0.2, -0.15) is 0 Å². The third-order valence-corrected chi connectivity index (χ3v) is 4.58. The number of benzene rings is 3. The number of carbonyl (C=O) groups is 1. The van der Waals surface area contributed by atoms with Gasteiger partial charge in [0.1, 0.15) is 24.7 Å². The van der Waals surface area contributed by atoms with Crippen molar-refractivity contribution >= 4 is 29.5 Å². The molecule has 6 heteroatoms. The van der Waals surface area contributed by atoms with E-state index in [1.807, 2.05) is 72.8 Å². The molecule has 0 fully saturated rings. The number of hydrogen-bond acceptors (Lipinski definition) is 5. The Morgan fingerprint density at radius 1 is 0.867 bits per heavy atom. The highest BCUT2D eigenvalue weighted by Gasteiger charge is 2.23. The predicted molar refractivity (Wildman–Crippen MR) is 116 cm³/mol. The second-order valence-corrected chi connectivity index (χ2v) is 6.81. The molecule has 0 unspecified atom stereocenters. The number of para-hydroxylation sites is 1. The molecular formula is C24H18ClNO4. The van der Waals surface area contributed by atoms with Crippen molar-refractivity contribution in [1.29, 1.82) is 0 Å².